The summed E-state index contributed by atoms with van der Waals surface area (Å²) < 4.78 is 5.09. The molecule has 0 unspecified atom stereocenters. The van der Waals surface area contributed by atoms with Gasteiger partial charge in [-0.2, -0.15) is 0 Å². The fraction of sp³-hybridized carbons (Fsp3) is 0.467. The maximum absolute atomic E-state index is 5.09. The molecule has 2 rings (SSSR count). The van der Waals surface area contributed by atoms with Crippen molar-refractivity contribution >= 4 is 11.3 Å². The van der Waals surface area contributed by atoms with Crippen molar-refractivity contribution in [3.8, 4) is 0 Å². The summed E-state index contributed by atoms with van der Waals surface area (Å²) in [7, 11) is 2.14. The number of nitrogens with one attached hydrogen (secondary N) is 1. The van der Waals surface area contributed by atoms with Crippen LogP contribution in [-0.2, 0) is 19.6 Å². The first-order valence-corrected chi connectivity index (χ1v) is 7.57. The van der Waals surface area contributed by atoms with E-state index in [0.29, 0.717) is 0 Å². The number of hydrogen-bond donors (Lipinski definition) is 1. The lowest BCUT2D eigenvalue weighted by atomic mass is 10.3. The number of thiophene rings is 1. The second kappa shape index (κ2) is 7.48. The zero-order valence-corrected chi connectivity index (χ0v) is 12.5. The van der Waals surface area contributed by atoms with Gasteiger partial charge < -0.3 is 9.73 Å². The second-order valence-electron chi connectivity index (χ2n) is 4.85. The Morgan fingerprint density at radius 1 is 1.21 bits per heavy atom. The van der Waals surface area contributed by atoms with E-state index in [9.17, 15) is 0 Å². The smallest absolute Gasteiger partial charge is 0.0947 e. The number of furan rings is 1. The first-order chi connectivity index (χ1) is 9.28. The fourth-order valence-corrected chi connectivity index (χ4v) is 3.07. The average molecular weight is 278 g/mol. The van der Waals surface area contributed by atoms with E-state index in [1.165, 1.54) is 21.7 Å². The lowest BCUT2D eigenvalue weighted by Gasteiger charge is -2.14. The molecule has 2 aromatic rings. The molecule has 0 aliphatic rings. The third-order valence-electron chi connectivity index (χ3n) is 2.90. The van der Waals surface area contributed by atoms with Gasteiger partial charge in [-0.3, -0.25) is 4.90 Å². The minimum absolute atomic E-state index is 0.928. The van der Waals surface area contributed by atoms with Crippen LogP contribution in [0.25, 0.3) is 0 Å². The van der Waals surface area contributed by atoms with Gasteiger partial charge in [-0.15, -0.1) is 11.3 Å². The lowest BCUT2D eigenvalue weighted by molar-refractivity contribution is 0.320. The summed E-state index contributed by atoms with van der Waals surface area (Å²) in [4.78, 5) is 5.14. The van der Waals surface area contributed by atoms with Crippen molar-refractivity contribution in [3.05, 3.63) is 46.0 Å². The normalized spacial score (nSPS) is 11.3. The molecule has 0 fully saturated rings. The Labute approximate surface area is 119 Å². The summed E-state index contributed by atoms with van der Waals surface area (Å²) >= 11 is 1.90. The van der Waals surface area contributed by atoms with Crippen LogP contribution >= 0.6 is 11.3 Å². The van der Waals surface area contributed by atoms with E-state index in [1.54, 1.807) is 6.26 Å². The van der Waals surface area contributed by atoms with E-state index in [1.807, 2.05) is 23.7 Å². The summed E-state index contributed by atoms with van der Waals surface area (Å²) in [6.45, 7) is 6.19. The molecule has 0 saturated carbocycles. The SMILES string of the molecule is CCCNCc1ccc(CN(C)Cc2ccoc2)s1. The maximum atomic E-state index is 5.09. The van der Waals surface area contributed by atoms with Crippen LogP contribution in [0, 0.1) is 0 Å². The molecule has 0 aliphatic carbocycles. The first kappa shape index (κ1) is 14.3. The van der Waals surface area contributed by atoms with Gasteiger partial charge in [0.05, 0.1) is 12.5 Å². The molecule has 0 aromatic carbocycles. The predicted molar refractivity (Wildman–Crippen MR) is 80.2 cm³/mol. The molecular formula is C15H22N2OS. The predicted octanol–water partition coefficient (Wildman–Crippen LogP) is 3.47. The van der Waals surface area contributed by atoms with Gasteiger partial charge in [-0.25, -0.2) is 0 Å². The number of nitrogens with zero attached hydrogens (tertiary/aromatic N) is 1. The fourth-order valence-electron chi connectivity index (χ4n) is 2.01. The molecule has 0 saturated heterocycles. The highest BCUT2D eigenvalue weighted by Gasteiger charge is 2.05. The van der Waals surface area contributed by atoms with Gasteiger partial charge in [-0.1, -0.05) is 6.92 Å². The molecule has 2 heterocycles. The summed E-state index contributed by atoms with van der Waals surface area (Å²) in [5.74, 6) is 0. The minimum Gasteiger partial charge on any atom is -0.472 e. The van der Waals surface area contributed by atoms with Crippen LogP contribution in [-0.4, -0.2) is 18.5 Å². The average Bonchev–Trinajstić information content (AvgIpc) is 3.02. The van der Waals surface area contributed by atoms with Crippen LogP contribution in [0.4, 0.5) is 0 Å². The Balaban J connectivity index is 1.78. The first-order valence-electron chi connectivity index (χ1n) is 6.76. The Hall–Kier alpha value is -1.10. The Morgan fingerprint density at radius 2 is 2.05 bits per heavy atom. The van der Waals surface area contributed by atoms with E-state index in [2.05, 4.69) is 36.3 Å². The van der Waals surface area contributed by atoms with Crippen molar-refractivity contribution in [2.24, 2.45) is 0 Å². The molecule has 0 bridgehead atoms. The molecule has 0 atom stereocenters. The lowest BCUT2D eigenvalue weighted by Crippen LogP contribution is -2.16. The van der Waals surface area contributed by atoms with E-state index < -0.39 is 0 Å². The summed E-state index contributed by atoms with van der Waals surface area (Å²) in [6, 6.07) is 6.48. The second-order valence-corrected chi connectivity index (χ2v) is 6.10. The van der Waals surface area contributed by atoms with Crippen LogP contribution in [0.1, 0.15) is 28.7 Å². The summed E-state index contributed by atoms with van der Waals surface area (Å²) in [5.41, 5.74) is 1.23. The zero-order chi connectivity index (χ0) is 13.5. The van der Waals surface area contributed by atoms with Crippen molar-refractivity contribution < 1.29 is 4.42 Å². The number of rotatable bonds is 8. The molecule has 1 N–H and O–H groups in total. The monoisotopic (exact) mass is 278 g/mol. The summed E-state index contributed by atoms with van der Waals surface area (Å²) in [5, 5.41) is 3.44. The van der Waals surface area contributed by atoms with Crippen molar-refractivity contribution in [1.29, 1.82) is 0 Å². The van der Waals surface area contributed by atoms with Gasteiger partial charge in [0.1, 0.15) is 0 Å². The van der Waals surface area contributed by atoms with E-state index in [0.717, 1.165) is 26.2 Å². The van der Waals surface area contributed by atoms with E-state index in [4.69, 9.17) is 4.42 Å². The molecule has 0 radical (unpaired) electrons. The Bertz CT molecular complexity index is 464. The molecular weight excluding hydrogens is 256 g/mol. The minimum atomic E-state index is 0.928. The van der Waals surface area contributed by atoms with Crippen LogP contribution < -0.4 is 5.32 Å². The molecule has 2 aromatic heterocycles. The Kier molecular flexibility index (Phi) is 5.63. The standard InChI is InChI=1S/C15H22N2OS/c1-3-7-16-9-14-4-5-15(19-14)11-17(2)10-13-6-8-18-12-13/h4-6,8,12,16H,3,7,9-11H2,1-2H3. The largest absolute Gasteiger partial charge is 0.472 e. The quantitative estimate of drug-likeness (QED) is 0.749. The summed E-state index contributed by atoms with van der Waals surface area (Å²) in [6.07, 6.45) is 4.72. The molecule has 0 amide bonds. The van der Waals surface area contributed by atoms with Crippen molar-refractivity contribution in [2.45, 2.75) is 33.0 Å². The van der Waals surface area contributed by atoms with Gasteiger partial charge in [0.15, 0.2) is 0 Å². The zero-order valence-electron chi connectivity index (χ0n) is 11.7. The molecule has 4 heteroatoms. The number of hydrogen-bond acceptors (Lipinski definition) is 4. The Morgan fingerprint density at radius 3 is 2.79 bits per heavy atom. The van der Waals surface area contributed by atoms with Crippen LogP contribution in [0.5, 0.6) is 0 Å². The topological polar surface area (TPSA) is 28.4 Å². The third-order valence-corrected chi connectivity index (χ3v) is 3.97. The van der Waals surface area contributed by atoms with Gasteiger partial charge >= 0.3 is 0 Å². The van der Waals surface area contributed by atoms with Gasteiger partial charge in [-0.05, 0) is 38.2 Å². The van der Waals surface area contributed by atoms with E-state index >= 15 is 0 Å². The highest BCUT2D eigenvalue weighted by atomic mass is 32.1. The highest BCUT2D eigenvalue weighted by Crippen LogP contribution is 2.18. The molecule has 0 spiro atoms. The van der Waals surface area contributed by atoms with Crippen molar-refractivity contribution in [3.63, 3.8) is 0 Å². The van der Waals surface area contributed by atoms with Crippen LogP contribution in [0.15, 0.2) is 35.1 Å². The van der Waals surface area contributed by atoms with Gasteiger partial charge in [0, 0.05) is 35.0 Å². The van der Waals surface area contributed by atoms with Crippen LogP contribution in [0.3, 0.4) is 0 Å². The van der Waals surface area contributed by atoms with E-state index in [-0.39, 0.29) is 0 Å². The third kappa shape index (κ3) is 4.82. The van der Waals surface area contributed by atoms with Gasteiger partial charge in [0.25, 0.3) is 0 Å². The van der Waals surface area contributed by atoms with Gasteiger partial charge in [0.2, 0.25) is 0 Å². The molecule has 3 nitrogen and oxygen atoms in total. The molecule has 104 valence electrons. The highest BCUT2D eigenvalue weighted by molar-refractivity contribution is 7.11. The van der Waals surface area contributed by atoms with Crippen molar-refractivity contribution in [1.82, 2.24) is 10.2 Å². The van der Waals surface area contributed by atoms with Crippen molar-refractivity contribution in [2.75, 3.05) is 13.6 Å². The molecule has 0 aliphatic heterocycles. The maximum Gasteiger partial charge on any atom is 0.0947 e. The molecule has 19 heavy (non-hydrogen) atoms. The van der Waals surface area contributed by atoms with Crippen LogP contribution in [0.2, 0.25) is 0 Å².